The molecular weight excluding hydrogens is 374 g/mol. The first kappa shape index (κ1) is 19.0. The van der Waals surface area contributed by atoms with Crippen LogP contribution in [0.5, 0.6) is 0 Å². The fourth-order valence-corrected chi connectivity index (χ4v) is 5.21. The lowest BCUT2D eigenvalue weighted by Gasteiger charge is -2.27. The van der Waals surface area contributed by atoms with Gasteiger partial charge in [0, 0.05) is 18.0 Å². The standard InChI is InChI=1S/C25H27N3O2/c29-24-22-15-7-6-14-21(22)23(26-28(24)19-11-2-1-3-12-19)25(30)27-16-8-13-20(27)17-18-9-4-5-10-18/h1-3,6-7,11-12,14-15,18,20H,4-5,8-10,13,16-17H2. The summed E-state index contributed by atoms with van der Waals surface area (Å²) in [6.45, 7) is 0.774. The van der Waals surface area contributed by atoms with Crippen molar-refractivity contribution in [3.63, 3.8) is 0 Å². The first-order valence-corrected chi connectivity index (χ1v) is 11.1. The molecule has 1 saturated carbocycles. The summed E-state index contributed by atoms with van der Waals surface area (Å²) in [6.07, 6.45) is 8.43. The molecule has 0 N–H and O–H groups in total. The highest BCUT2D eigenvalue weighted by atomic mass is 16.2. The smallest absolute Gasteiger partial charge is 0.279 e. The molecule has 2 heterocycles. The van der Waals surface area contributed by atoms with E-state index < -0.39 is 0 Å². The van der Waals surface area contributed by atoms with E-state index in [2.05, 4.69) is 5.10 Å². The second-order valence-electron chi connectivity index (χ2n) is 8.63. The molecular formula is C25H27N3O2. The third-order valence-electron chi connectivity index (χ3n) is 6.73. The number of fused-ring (bicyclic) bond motifs is 1. The summed E-state index contributed by atoms with van der Waals surface area (Å²) in [5.74, 6) is 0.697. The molecule has 2 fully saturated rings. The SMILES string of the molecule is O=C(c1nn(-c2ccccc2)c(=O)c2ccccc12)N1CCCC1CC1CCCC1. The van der Waals surface area contributed by atoms with Crippen LogP contribution in [0.2, 0.25) is 0 Å². The third kappa shape index (κ3) is 3.42. The average molecular weight is 402 g/mol. The van der Waals surface area contributed by atoms with Gasteiger partial charge in [0.25, 0.3) is 11.5 Å². The largest absolute Gasteiger partial charge is 0.334 e. The van der Waals surface area contributed by atoms with Crippen molar-refractivity contribution in [2.75, 3.05) is 6.54 Å². The number of nitrogens with zero attached hydrogens (tertiary/aromatic N) is 3. The lowest BCUT2D eigenvalue weighted by molar-refractivity contribution is 0.0712. The van der Waals surface area contributed by atoms with Crippen molar-refractivity contribution >= 4 is 16.7 Å². The number of benzene rings is 2. The molecule has 1 atom stereocenters. The summed E-state index contributed by atoms with van der Waals surface area (Å²) in [7, 11) is 0. The summed E-state index contributed by atoms with van der Waals surface area (Å²) >= 11 is 0. The van der Waals surface area contributed by atoms with Crippen LogP contribution in [0.4, 0.5) is 0 Å². The van der Waals surface area contributed by atoms with E-state index in [4.69, 9.17) is 0 Å². The molecule has 1 saturated heterocycles. The van der Waals surface area contributed by atoms with Crippen LogP contribution < -0.4 is 5.56 Å². The van der Waals surface area contributed by atoms with E-state index in [0.29, 0.717) is 28.2 Å². The maximum absolute atomic E-state index is 13.7. The van der Waals surface area contributed by atoms with Crippen molar-refractivity contribution in [1.29, 1.82) is 0 Å². The third-order valence-corrected chi connectivity index (χ3v) is 6.73. The van der Waals surface area contributed by atoms with Crippen LogP contribution in [0.25, 0.3) is 16.5 Å². The second kappa shape index (κ2) is 8.05. The molecule has 0 radical (unpaired) electrons. The van der Waals surface area contributed by atoms with Crippen molar-refractivity contribution in [3.8, 4) is 5.69 Å². The number of hydrogen-bond acceptors (Lipinski definition) is 3. The van der Waals surface area contributed by atoms with Gasteiger partial charge in [0.1, 0.15) is 0 Å². The van der Waals surface area contributed by atoms with Crippen molar-refractivity contribution in [2.24, 2.45) is 5.92 Å². The Bertz CT molecular complexity index is 1120. The van der Waals surface area contributed by atoms with E-state index in [-0.39, 0.29) is 11.5 Å². The van der Waals surface area contributed by atoms with Crippen LogP contribution in [-0.2, 0) is 0 Å². The maximum Gasteiger partial charge on any atom is 0.279 e. The monoisotopic (exact) mass is 401 g/mol. The molecule has 0 spiro atoms. The number of aromatic nitrogens is 2. The Morgan fingerprint density at radius 3 is 2.37 bits per heavy atom. The molecule has 30 heavy (non-hydrogen) atoms. The molecule has 5 nitrogen and oxygen atoms in total. The lowest BCUT2D eigenvalue weighted by Crippen LogP contribution is -2.38. The lowest BCUT2D eigenvalue weighted by atomic mass is 9.96. The molecule has 1 aliphatic heterocycles. The van der Waals surface area contributed by atoms with Gasteiger partial charge in [-0.2, -0.15) is 9.78 Å². The number of hydrogen-bond donors (Lipinski definition) is 0. The van der Waals surface area contributed by atoms with E-state index in [1.807, 2.05) is 53.4 Å². The van der Waals surface area contributed by atoms with Gasteiger partial charge in [0.05, 0.1) is 11.1 Å². The Hall–Kier alpha value is -2.95. The minimum Gasteiger partial charge on any atom is -0.334 e. The van der Waals surface area contributed by atoms with Gasteiger partial charge in [-0.05, 0) is 43.4 Å². The molecule has 5 heteroatoms. The fourth-order valence-electron chi connectivity index (χ4n) is 5.21. The van der Waals surface area contributed by atoms with E-state index in [0.717, 1.165) is 31.7 Å². The molecule has 1 aliphatic carbocycles. The van der Waals surface area contributed by atoms with Gasteiger partial charge in [0.15, 0.2) is 5.69 Å². The number of carbonyl (C=O) groups is 1. The summed E-state index contributed by atoms with van der Waals surface area (Å²) in [5, 5.41) is 5.77. The van der Waals surface area contributed by atoms with Crippen molar-refractivity contribution in [3.05, 3.63) is 70.6 Å². The normalized spacial score (nSPS) is 19.6. The zero-order valence-electron chi connectivity index (χ0n) is 17.2. The predicted molar refractivity (Wildman–Crippen MR) is 118 cm³/mol. The Kier molecular flexibility index (Phi) is 5.11. The number of amides is 1. The first-order chi connectivity index (χ1) is 14.7. The van der Waals surface area contributed by atoms with Gasteiger partial charge >= 0.3 is 0 Å². The molecule has 1 unspecified atom stereocenters. The van der Waals surface area contributed by atoms with Crippen LogP contribution >= 0.6 is 0 Å². The number of rotatable bonds is 4. The van der Waals surface area contributed by atoms with Crippen molar-refractivity contribution in [1.82, 2.24) is 14.7 Å². The molecule has 0 bridgehead atoms. The van der Waals surface area contributed by atoms with E-state index in [1.54, 1.807) is 6.07 Å². The van der Waals surface area contributed by atoms with Crippen LogP contribution in [0.15, 0.2) is 59.4 Å². The molecule has 2 aliphatic rings. The highest BCUT2D eigenvalue weighted by Gasteiger charge is 2.33. The van der Waals surface area contributed by atoms with Crippen molar-refractivity contribution in [2.45, 2.75) is 51.0 Å². The van der Waals surface area contributed by atoms with E-state index in [1.165, 1.54) is 30.4 Å². The quantitative estimate of drug-likeness (QED) is 0.643. The summed E-state index contributed by atoms with van der Waals surface area (Å²) < 4.78 is 1.37. The van der Waals surface area contributed by atoms with Gasteiger partial charge in [-0.25, -0.2) is 0 Å². The summed E-state index contributed by atoms with van der Waals surface area (Å²) in [5.41, 5.74) is 0.857. The zero-order valence-corrected chi connectivity index (χ0v) is 17.2. The second-order valence-corrected chi connectivity index (χ2v) is 8.63. The molecule has 3 aromatic rings. The van der Waals surface area contributed by atoms with Crippen LogP contribution in [0.3, 0.4) is 0 Å². The maximum atomic E-state index is 13.7. The van der Waals surface area contributed by atoms with Crippen LogP contribution in [0, 0.1) is 5.92 Å². The van der Waals surface area contributed by atoms with E-state index in [9.17, 15) is 9.59 Å². The predicted octanol–water partition coefficient (Wildman–Crippen LogP) is 4.57. The number of carbonyl (C=O) groups excluding carboxylic acids is 1. The Balaban J connectivity index is 1.56. The average Bonchev–Trinajstić information content (AvgIpc) is 3.47. The van der Waals surface area contributed by atoms with Gasteiger partial charge in [-0.1, -0.05) is 62.1 Å². The Labute approximate surface area is 176 Å². The van der Waals surface area contributed by atoms with Crippen LogP contribution in [-0.4, -0.2) is 33.2 Å². The number of likely N-dealkylation sites (tertiary alicyclic amines) is 1. The van der Waals surface area contributed by atoms with Crippen LogP contribution in [0.1, 0.15) is 55.4 Å². The van der Waals surface area contributed by atoms with Gasteiger partial charge in [0.2, 0.25) is 0 Å². The Morgan fingerprint density at radius 1 is 0.900 bits per heavy atom. The highest BCUT2D eigenvalue weighted by Crippen LogP contribution is 2.34. The molecule has 154 valence electrons. The molecule has 5 rings (SSSR count). The van der Waals surface area contributed by atoms with Gasteiger partial charge in [-0.15, -0.1) is 0 Å². The number of para-hydroxylation sites is 1. The van der Waals surface area contributed by atoms with E-state index >= 15 is 0 Å². The highest BCUT2D eigenvalue weighted by molar-refractivity contribution is 6.05. The first-order valence-electron chi connectivity index (χ1n) is 11.1. The summed E-state index contributed by atoms with van der Waals surface area (Å²) in [4.78, 5) is 28.8. The zero-order chi connectivity index (χ0) is 20.5. The molecule has 2 aromatic carbocycles. The minimum atomic E-state index is -0.197. The minimum absolute atomic E-state index is 0.0450. The molecule has 1 amide bonds. The van der Waals surface area contributed by atoms with Crippen molar-refractivity contribution < 1.29 is 4.79 Å². The van der Waals surface area contributed by atoms with Gasteiger partial charge < -0.3 is 4.90 Å². The summed E-state index contributed by atoms with van der Waals surface area (Å²) in [6, 6.07) is 17.0. The fraction of sp³-hybridized carbons (Fsp3) is 0.400. The topological polar surface area (TPSA) is 55.2 Å². The Morgan fingerprint density at radius 2 is 1.60 bits per heavy atom. The molecule has 1 aromatic heterocycles. The van der Waals surface area contributed by atoms with Gasteiger partial charge in [-0.3, -0.25) is 9.59 Å².